The monoisotopic (exact) mass is 286 g/mol. The highest BCUT2D eigenvalue weighted by molar-refractivity contribution is 7.89. The summed E-state index contributed by atoms with van der Waals surface area (Å²) < 4.78 is 27.1. The molecule has 0 spiro atoms. The largest absolute Gasteiger partial charge is 0.398 e. The summed E-state index contributed by atoms with van der Waals surface area (Å²) in [5.74, 6) is 0. The molecule has 6 heteroatoms. The molecule has 1 rings (SSSR count). The third-order valence-electron chi connectivity index (χ3n) is 3.04. The molecular formula is C13H22N2O3S. The third kappa shape index (κ3) is 3.68. The van der Waals surface area contributed by atoms with Crippen molar-refractivity contribution in [3.05, 3.63) is 22.8 Å². The minimum Gasteiger partial charge on any atom is -0.398 e. The molecule has 0 saturated carbocycles. The van der Waals surface area contributed by atoms with Crippen LogP contribution in [-0.4, -0.2) is 25.7 Å². The van der Waals surface area contributed by atoms with Crippen LogP contribution in [0.3, 0.4) is 0 Å². The molecule has 0 bridgehead atoms. The zero-order valence-electron chi connectivity index (χ0n) is 12.0. The number of hydrogen-bond acceptors (Lipinski definition) is 4. The van der Waals surface area contributed by atoms with E-state index in [1.165, 1.54) is 0 Å². The maximum atomic E-state index is 12.3. The van der Waals surface area contributed by atoms with Crippen molar-refractivity contribution >= 4 is 15.7 Å². The van der Waals surface area contributed by atoms with Gasteiger partial charge in [-0.2, -0.15) is 0 Å². The Kier molecular flexibility index (Phi) is 4.29. The quantitative estimate of drug-likeness (QED) is 0.726. The Hall–Kier alpha value is -1.11. The van der Waals surface area contributed by atoms with Crippen LogP contribution in [0.15, 0.2) is 11.0 Å². The second-order valence-corrected chi connectivity index (χ2v) is 7.20. The molecule has 0 atom stereocenters. The summed E-state index contributed by atoms with van der Waals surface area (Å²) in [6.45, 7) is 8.28. The number of anilines is 1. The van der Waals surface area contributed by atoms with E-state index < -0.39 is 15.6 Å². The highest BCUT2D eigenvalue weighted by atomic mass is 32.2. The van der Waals surface area contributed by atoms with Crippen molar-refractivity contribution in [3.63, 3.8) is 0 Å². The molecule has 19 heavy (non-hydrogen) atoms. The Morgan fingerprint density at radius 1 is 1.26 bits per heavy atom. The lowest BCUT2D eigenvalue weighted by Crippen LogP contribution is -2.38. The molecule has 5 nitrogen and oxygen atoms in total. The van der Waals surface area contributed by atoms with Gasteiger partial charge in [-0.05, 0) is 57.4 Å². The van der Waals surface area contributed by atoms with Gasteiger partial charge in [0.05, 0.1) is 10.5 Å². The first-order valence-corrected chi connectivity index (χ1v) is 7.52. The molecule has 0 fully saturated rings. The zero-order chi connectivity index (χ0) is 15.0. The van der Waals surface area contributed by atoms with Gasteiger partial charge in [0.15, 0.2) is 0 Å². The van der Waals surface area contributed by atoms with Crippen molar-refractivity contribution in [3.8, 4) is 0 Å². The molecule has 0 aliphatic heterocycles. The van der Waals surface area contributed by atoms with Gasteiger partial charge in [0.2, 0.25) is 10.0 Å². The molecule has 0 aliphatic rings. The first-order valence-electron chi connectivity index (χ1n) is 6.04. The normalized spacial score (nSPS) is 12.7. The van der Waals surface area contributed by atoms with E-state index in [2.05, 4.69) is 4.72 Å². The smallest absolute Gasteiger partial charge is 0.241 e. The first kappa shape index (κ1) is 15.9. The van der Waals surface area contributed by atoms with Crippen molar-refractivity contribution in [1.82, 2.24) is 4.72 Å². The number of nitrogens with one attached hydrogen (secondary N) is 1. The Labute approximate surface area is 114 Å². The number of benzene rings is 1. The number of nitrogen functional groups attached to an aromatic ring is 1. The molecule has 1 aromatic rings. The Bertz CT molecular complexity index is 561. The second-order valence-electron chi connectivity index (χ2n) is 5.50. The van der Waals surface area contributed by atoms with Crippen LogP contribution in [-0.2, 0) is 10.0 Å². The minimum absolute atomic E-state index is 0.0535. The fourth-order valence-electron chi connectivity index (χ4n) is 1.79. The summed E-state index contributed by atoms with van der Waals surface area (Å²) in [4.78, 5) is 0.203. The zero-order valence-corrected chi connectivity index (χ0v) is 12.9. The highest BCUT2D eigenvalue weighted by Gasteiger charge is 2.24. The van der Waals surface area contributed by atoms with Crippen LogP contribution < -0.4 is 10.5 Å². The number of aliphatic hydroxyl groups is 1. The van der Waals surface area contributed by atoms with E-state index in [4.69, 9.17) is 5.73 Å². The molecule has 1 aromatic carbocycles. The van der Waals surface area contributed by atoms with E-state index in [9.17, 15) is 13.5 Å². The summed E-state index contributed by atoms with van der Waals surface area (Å²) in [5, 5.41) is 9.62. The lowest BCUT2D eigenvalue weighted by Gasteiger charge is -2.20. The van der Waals surface area contributed by atoms with E-state index in [0.717, 1.165) is 5.56 Å². The Morgan fingerprint density at radius 2 is 1.79 bits per heavy atom. The van der Waals surface area contributed by atoms with Gasteiger partial charge in [-0.25, -0.2) is 13.1 Å². The molecule has 0 unspecified atom stereocenters. The van der Waals surface area contributed by atoms with Crippen LogP contribution in [0.5, 0.6) is 0 Å². The molecule has 0 heterocycles. The predicted octanol–water partition coefficient (Wildman–Crippen LogP) is 1.24. The molecule has 108 valence electrons. The highest BCUT2D eigenvalue weighted by Crippen LogP contribution is 2.27. The molecule has 0 amide bonds. The molecular weight excluding hydrogens is 264 g/mol. The number of aryl methyl sites for hydroxylation is 1. The maximum absolute atomic E-state index is 12.3. The second kappa shape index (κ2) is 5.11. The van der Waals surface area contributed by atoms with Crippen LogP contribution in [0.1, 0.15) is 30.5 Å². The summed E-state index contributed by atoms with van der Waals surface area (Å²) in [5.41, 5.74) is 7.21. The first-order chi connectivity index (χ1) is 8.46. The standard InChI is InChI=1S/C13H22N2O3S/c1-8-6-11(14)10(3)12(9(8)2)19(17,18)15-7-13(4,5)16/h6,15-16H,7,14H2,1-5H3. The van der Waals surface area contributed by atoms with E-state index in [0.29, 0.717) is 16.8 Å². The molecule has 0 aromatic heterocycles. The van der Waals surface area contributed by atoms with Gasteiger partial charge in [-0.15, -0.1) is 0 Å². The number of sulfonamides is 1. The summed E-state index contributed by atoms with van der Waals surface area (Å²) >= 11 is 0. The Balaban J connectivity index is 3.30. The van der Waals surface area contributed by atoms with Crippen LogP contribution in [0.4, 0.5) is 5.69 Å². The maximum Gasteiger partial charge on any atom is 0.241 e. The lowest BCUT2D eigenvalue weighted by atomic mass is 10.1. The fraction of sp³-hybridized carbons (Fsp3) is 0.538. The molecule has 0 saturated heterocycles. The van der Waals surface area contributed by atoms with Gasteiger partial charge in [0, 0.05) is 12.2 Å². The number of nitrogens with two attached hydrogens (primary N) is 1. The average molecular weight is 286 g/mol. The van der Waals surface area contributed by atoms with E-state index >= 15 is 0 Å². The third-order valence-corrected chi connectivity index (χ3v) is 4.72. The van der Waals surface area contributed by atoms with Crippen molar-refractivity contribution in [1.29, 1.82) is 0 Å². The van der Waals surface area contributed by atoms with Crippen molar-refractivity contribution in [2.45, 2.75) is 45.1 Å². The molecule has 4 N–H and O–H groups in total. The van der Waals surface area contributed by atoms with Gasteiger partial charge in [0.25, 0.3) is 0 Å². The van der Waals surface area contributed by atoms with Crippen LogP contribution >= 0.6 is 0 Å². The summed E-state index contributed by atoms with van der Waals surface area (Å²) in [7, 11) is -3.69. The minimum atomic E-state index is -3.69. The topological polar surface area (TPSA) is 92.4 Å². The van der Waals surface area contributed by atoms with Crippen molar-refractivity contribution in [2.75, 3.05) is 12.3 Å². The molecule has 0 aliphatic carbocycles. The SMILES string of the molecule is Cc1cc(N)c(C)c(S(=O)(=O)NCC(C)(C)O)c1C. The van der Waals surface area contributed by atoms with E-state index in [1.807, 2.05) is 6.92 Å². The van der Waals surface area contributed by atoms with E-state index in [-0.39, 0.29) is 11.4 Å². The van der Waals surface area contributed by atoms with Crippen molar-refractivity contribution in [2.24, 2.45) is 0 Å². The van der Waals surface area contributed by atoms with Crippen LogP contribution in [0.2, 0.25) is 0 Å². The number of hydrogen-bond donors (Lipinski definition) is 3. The summed E-state index contributed by atoms with van der Waals surface area (Å²) in [6.07, 6.45) is 0. The van der Waals surface area contributed by atoms with Gasteiger partial charge >= 0.3 is 0 Å². The van der Waals surface area contributed by atoms with Crippen LogP contribution in [0.25, 0.3) is 0 Å². The van der Waals surface area contributed by atoms with Gasteiger partial charge in [-0.3, -0.25) is 0 Å². The van der Waals surface area contributed by atoms with Crippen LogP contribution in [0, 0.1) is 20.8 Å². The average Bonchev–Trinajstić information content (AvgIpc) is 2.23. The van der Waals surface area contributed by atoms with Gasteiger partial charge in [-0.1, -0.05) is 0 Å². The predicted molar refractivity (Wildman–Crippen MR) is 76.6 cm³/mol. The number of rotatable bonds is 4. The van der Waals surface area contributed by atoms with Gasteiger partial charge in [0.1, 0.15) is 0 Å². The van der Waals surface area contributed by atoms with Gasteiger partial charge < -0.3 is 10.8 Å². The van der Waals surface area contributed by atoms with E-state index in [1.54, 1.807) is 33.8 Å². The lowest BCUT2D eigenvalue weighted by molar-refractivity contribution is 0.0857. The van der Waals surface area contributed by atoms with Crippen molar-refractivity contribution < 1.29 is 13.5 Å². The molecule has 0 radical (unpaired) electrons. The fourth-order valence-corrected chi connectivity index (χ4v) is 3.56. The summed E-state index contributed by atoms with van der Waals surface area (Å²) in [6, 6.07) is 1.76. The Morgan fingerprint density at radius 3 is 2.26 bits per heavy atom.